The zero-order valence-corrected chi connectivity index (χ0v) is 19.6. The van der Waals surface area contributed by atoms with Crippen LogP contribution >= 0.6 is 11.3 Å². The summed E-state index contributed by atoms with van der Waals surface area (Å²) in [7, 11) is -3.65. The van der Waals surface area contributed by atoms with Crippen molar-refractivity contribution in [2.45, 2.75) is 11.1 Å². The molecule has 2 aromatic carbocycles. The van der Waals surface area contributed by atoms with Crippen LogP contribution in [0.25, 0.3) is 5.69 Å². The van der Waals surface area contributed by atoms with E-state index in [1.54, 1.807) is 54.9 Å². The van der Waals surface area contributed by atoms with Crippen LogP contribution in [0.5, 0.6) is 0 Å². The number of benzene rings is 2. The van der Waals surface area contributed by atoms with Crippen LogP contribution in [0, 0.1) is 0 Å². The summed E-state index contributed by atoms with van der Waals surface area (Å²) in [6.07, 6.45) is 1.65. The summed E-state index contributed by atoms with van der Waals surface area (Å²) in [6.45, 7) is 2.00. The molecule has 0 aliphatic rings. The van der Waals surface area contributed by atoms with Gasteiger partial charge in [0, 0.05) is 23.1 Å². The molecule has 0 bridgehead atoms. The second-order valence-corrected chi connectivity index (χ2v) is 9.84. The Balaban J connectivity index is 1.39. The highest BCUT2D eigenvalue weighted by Gasteiger charge is 2.16. The summed E-state index contributed by atoms with van der Waals surface area (Å²) in [6, 6.07) is 17.8. The van der Waals surface area contributed by atoms with Crippen LogP contribution < -0.4 is 10.0 Å². The molecule has 0 saturated carbocycles. The first-order valence-electron chi connectivity index (χ1n) is 10.2. The number of hydrogen-bond donors (Lipinski definition) is 2. The van der Waals surface area contributed by atoms with Gasteiger partial charge in [-0.25, -0.2) is 17.9 Å². The molecule has 2 N–H and O–H groups in total. The molecule has 0 unspecified atom stereocenters. The van der Waals surface area contributed by atoms with Gasteiger partial charge in [0.1, 0.15) is 4.21 Å². The minimum absolute atomic E-state index is 0.209. The van der Waals surface area contributed by atoms with Gasteiger partial charge in [-0.05, 0) is 73.0 Å². The molecule has 2 aromatic heterocycles. The van der Waals surface area contributed by atoms with Crippen molar-refractivity contribution in [2.24, 2.45) is 0 Å². The number of hydrogen-bond acceptors (Lipinski definition) is 7. The summed E-state index contributed by atoms with van der Waals surface area (Å²) >= 11 is 1.12. The highest BCUT2D eigenvalue weighted by molar-refractivity contribution is 7.94. The maximum absolute atomic E-state index is 12.6. The van der Waals surface area contributed by atoms with Gasteiger partial charge in [0.05, 0.1) is 12.3 Å². The molecule has 174 valence electrons. The number of thiophene rings is 1. The predicted octanol–water partition coefficient (Wildman–Crippen LogP) is 4.16. The van der Waals surface area contributed by atoms with Crippen LogP contribution in [0.15, 0.2) is 82.5 Å². The van der Waals surface area contributed by atoms with E-state index in [0.29, 0.717) is 22.6 Å². The quantitative estimate of drug-likeness (QED) is 0.354. The Hall–Kier alpha value is -3.96. The van der Waals surface area contributed by atoms with E-state index < -0.39 is 16.0 Å². The number of sulfonamides is 1. The molecule has 4 aromatic rings. The molecular formula is C23H20N4O5S2. The van der Waals surface area contributed by atoms with Gasteiger partial charge in [-0.3, -0.25) is 9.52 Å². The minimum Gasteiger partial charge on any atom is -0.461 e. The van der Waals surface area contributed by atoms with Gasteiger partial charge >= 0.3 is 5.97 Å². The molecule has 0 saturated heterocycles. The first-order valence-corrected chi connectivity index (χ1v) is 12.5. The molecule has 0 radical (unpaired) electrons. The molecule has 0 fully saturated rings. The lowest BCUT2D eigenvalue weighted by Gasteiger charge is -2.09. The minimum atomic E-state index is -3.65. The summed E-state index contributed by atoms with van der Waals surface area (Å²) in [4.78, 5) is 24.3. The monoisotopic (exact) mass is 496 g/mol. The molecule has 1 amide bonds. The number of amides is 1. The van der Waals surface area contributed by atoms with E-state index in [9.17, 15) is 18.0 Å². The van der Waals surface area contributed by atoms with Crippen LogP contribution in [0.3, 0.4) is 0 Å². The standard InChI is InChI=1S/C23H20N4O5S2/c1-2-32-23(29)20-13-14-27(25-20)19-11-9-17(10-12-19)24-22(28)16-5-7-18(8-6-16)26-34(30,31)21-4-3-15-33-21/h3-15,26H,2H2,1H3,(H,24,28). The Kier molecular flexibility index (Phi) is 6.75. The van der Waals surface area contributed by atoms with E-state index in [-0.39, 0.29) is 22.4 Å². The van der Waals surface area contributed by atoms with Gasteiger partial charge < -0.3 is 10.1 Å². The molecule has 0 aliphatic carbocycles. The molecule has 11 heteroatoms. The predicted molar refractivity (Wildman–Crippen MR) is 129 cm³/mol. The fraction of sp³-hybridized carbons (Fsp3) is 0.0870. The maximum Gasteiger partial charge on any atom is 0.358 e. The van der Waals surface area contributed by atoms with Crippen molar-refractivity contribution in [3.8, 4) is 5.69 Å². The molecule has 9 nitrogen and oxygen atoms in total. The number of carbonyl (C=O) groups excluding carboxylic acids is 2. The smallest absolute Gasteiger partial charge is 0.358 e. The molecule has 2 heterocycles. The number of ether oxygens (including phenoxy) is 1. The van der Waals surface area contributed by atoms with Crippen LogP contribution in [0.1, 0.15) is 27.8 Å². The third-order valence-electron chi connectivity index (χ3n) is 4.62. The number of anilines is 2. The van der Waals surface area contributed by atoms with E-state index in [0.717, 1.165) is 11.3 Å². The second kappa shape index (κ2) is 9.89. The summed E-state index contributed by atoms with van der Waals surface area (Å²) in [5.74, 6) is -0.834. The summed E-state index contributed by atoms with van der Waals surface area (Å²) in [5.41, 5.74) is 2.20. The van der Waals surface area contributed by atoms with Crippen molar-refractivity contribution in [3.05, 3.63) is 89.6 Å². The Morgan fingerprint density at radius 3 is 2.35 bits per heavy atom. The Bertz CT molecular complexity index is 1390. The number of rotatable bonds is 8. The van der Waals surface area contributed by atoms with Gasteiger partial charge in [0.2, 0.25) is 0 Å². The first-order chi connectivity index (χ1) is 16.4. The third kappa shape index (κ3) is 5.33. The van der Waals surface area contributed by atoms with Gasteiger partial charge in [-0.2, -0.15) is 5.10 Å². The third-order valence-corrected chi connectivity index (χ3v) is 7.40. The number of nitrogens with one attached hydrogen (secondary N) is 2. The van der Waals surface area contributed by atoms with Gasteiger partial charge in [0.25, 0.3) is 15.9 Å². The number of esters is 1. The van der Waals surface area contributed by atoms with Crippen molar-refractivity contribution in [1.82, 2.24) is 9.78 Å². The molecular weight excluding hydrogens is 476 g/mol. The van der Waals surface area contributed by atoms with E-state index in [1.807, 2.05) is 0 Å². The van der Waals surface area contributed by atoms with Gasteiger partial charge in [-0.15, -0.1) is 11.3 Å². The van der Waals surface area contributed by atoms with E-state index in [1.165, 1.54) is 35.0 Å². The van der Waals surface area contributed by atoms with Crippen molar-refractivity contribution in [2.75, 3.05) is 16.6 Å². The van der Waals surface area contributed by atoms with E-state index in [4.69, 9.17) is 4.74 Å². The normalized spacial score (nSPS) is 11.1. The lowest BCUT2D eigenvalue weighted by molar-refractivity contribution is 0.0518. The van der Waals surface area contributed by atoms with Crippen LogP contribution in [-0.2, 0) is 14.8 Å². The number of aromatic nitrogens is 2. The van der Waals surface area contributed by atoms with E-state index >= 15 is 0 Å². The second-order valence-electron chi connectivity index (χ2n) is 6.98. The Morgan fingerprint density at radius 1 is 1.00 bits per heavy atom. The fourth-order valence-corrected chi connectivity index (χ4v) is 5.05. The van der Waals surface area contributed by atoms with Gasteiger partial charge in [0.15, 0.2) is 5.69 Å². The van der Waals surface area contributed by atoms with Crippen molar-refractivity contribution in [1.29, 1.82) is 0 Å². The average molecular weight is 497 g/mol. The highest BCUT2D eigenvalue weighted by atomic mass is 32.2. The average Bonchev–Trinajstić information content (AvgIpc) is 3.53. The first kappa shape index (κ1) is 23.2. The zero-order valence-electron chi connectivity index (χ0n) is 18.0. The molecule has 4 rings (SSSR count). The highest BCUT2D eigenvalue weighted by Crippen LogP contribution is 2.21. The Morgan fingerprint density at radius 2 is 1.71 bits per heavy atom. The van der Waals surface area contributed by atoms with Crippen molar-refractivity contribution >= 4 is 44.6 Å². The number of carbonyl (C=O) groups is 2. The van der Waals surface area contributed by atoms with Crippen molar-refractivity contribution < 1.29 is 22.7 Å². The largest absolute Gasteiger partial charge is 0.461 e. The topological polar surface area (TPSA) is 119 Å². The number of nitrogens with zero attached hydrogens (tertiary/aromatic N) is 2. The van der Waals surface area contributed by atoms with Gasteiger partial charge in [-0.1, -0.05) is 6.07 Å². The van der Waals surface area contributed by atoms with Crippen LogP contribution in [0.4, 0.5) is 11.4 Å². The fourth-order valence-electron chi connectivity index (χ4n) is 2.99. The molecule has 0 aliphatic heterocycles. The molecule has 34 heavy (non-hydrogen) atoms. The van der Waals surface area contributed by atoms with Crippen LogP contribution in [0.2, 0.25) is 0 Å². The summed E-state index contributed by atoms with van der Waals surface area (Å²) < 4.78 is 33.8. The maximum atomic E-state index is 12.6. The molecule has 0 spiro atoms. The lowest BCUT2D eigenvalue weighted by atomic mass is 10.2. The SMILES string of the molecule is CCOC(=O)c1ccn(-c2ccc(NC(=O)c3ccc(NS(=O)(=O)c4cccs4)cc3)cc2)n1. The summed E-state index contributed by atoms with van der Waals surface area (Å²) in [5, 5.41) is 8.67. The molecule has 0 atom stereocenters. The van der Waals surface area contributed by atoms with Crippen LogP contribution in [-0.4, -0.2) is 36.7 Å². The Labute approximate surface area is 200 Å². The lowest BCUT2D eigenvalue weighted by Crippen LogP contribution is -2.13. The van der Waals surface area contributed by atoms with E-state index in [2.05, 4.69) is 15.1 Å². The van der Waals surface area contributed by atoms with Crippen molar-refractivity contribution in [3.63, 3.8) is 0 Å². The zero-order chi connectivity index (χ0) is 24.1.